The molecule has 1 amide bonds. The van der Waals surface area contributed by atoms with E-state index in [9.17, 15) is 14.9 Å². The largest absolute Gasteiger partial charge is 0.373 e. The van der Waals surface area contributed by atoms with Gasteiger partial charge in [0, 0.05) is 26.2 Å². The maximum atomic E-state index is 12.2. The van der Waals surface area contributed by atoms with Gasteiger partial charge in [-0.3, -0.25) is 14.9 Å². The van der Waals surface area contributed by atoms with Gasteiger partial charge in [0.1, 0.15) is 17.6 Å². The van der Waals surface area contributed by atoms with Crippen LogP contribution in [0.25, 0.3) is 0 Å². The van der Waals surface area contributed by atoms with Crippen LogP contribution in [0.5, 0.6) is 0 Å². The molecule has 18 heavy (non-hydrogen) atoms. The molecule has 0 saturated heterocycles. The van der Waals surface area contributed by atoms with E-state index in [0.717, 1.165) is 6.20 Å². The van der Waals surface area contributed by atoms with Gasteiger partial charge >= 0.3 is 0 Å². The quantitative estimate of drug-likeness (QED) is 0.634. The van der Waals surface area contributed by atoms with Gasteiger partial charge in [-0.2, -0.15) is 0 Å². The van der Waals surface area contributed by atoms with E-state index in [2.05, 4.69) is 10.3 Å². The third-order valence-corrected chi connectivity index (χ3v) is 2.62. The summed E-state index contributed by atoms with van der Waals surface area (Å²) in [6.07, 6.45) is 1.10. The predicted octanol–water partition coefficient (Wildman–Crippen LogP) is 1.51. The molecule has 1 N–H and O–H groups in total. The second-order valence-corrected chi connectivity index (χ2v) is 3.57. The van der Waals surface area contributed by atoms with E-state index in [1.54, 1.807) is 7.05 Å². The average Bonchev–Trinajstić information content (AvgIpc) is 2.39. The number of amides is 1. The third-order valence-electron chi connectivity index (χ3n) is 2.62. The highest BCUT2D eigenvalue weighted by molar-refractivity contribution is 5.98. The van der Waals surface area contributed by atoms with Crippen molar-refractivity contribution in [3.8, 4) is 0 Å². The summed E-state index contributed by atoms with van der Waals surface area (Å²) in [5.74, 6) is 0.0710. The molecule has 1 aromatic heterocycles. The standard InChI is InChI=1S/C11H16N4O3/c1-4-14(5-2)11(16)8-6-10(12-3)13-7-9(8)15(17)18/h6-7H,4-5H2,1-3H3,(H,12,13). The number of carbonyl (C=O) groups excluding carboxylic acids is 1. The van der Waals surface area contributed by atoms with Gasteiger partial charge in [0.2, 0.25) is 0 Å². The Labute approximate surface area is 105 Å². The number of hydrogen-bond acceptors (Lipinski definition) is 5. The van der Waals surface area contributed by atoms with Crippen molar-refractivity contribution in [2.24, 2.45) is 0 Å². The van der Waals surface area contributed by atoms with Crippen LogP contribution in [0.4, 0.5) is 11.5 Å². The lowest BCUT2D eigenvalue weighted by molar-refractivity contribution is -0.385. The first kappa shape index (κ1) is 13.9. The fourth-order valence-corrected chi connectivity index (χ4v) is 1.58. The van der Waals surface area contributed by atoms with Crippen molar-refractivity contribution in [1.29, 1.82) is 0 Å². The Bertz CT molecular complexity index is 458. The van der Waals surface area contributed by atoms with Crippen molar-refractivity contribution in [1.82, 2.24) is 9.88 Å². The second kappa shape index (κ2) is 5.95. The van der Waals surface area contributed by atoms with Crippen molar-refractivity contribution in [3.05, 3.63) is 27.9 Å². The number of hydrogen-bond donors (Lipinski definition) is 1. The van der Waals surface area contributed by atoms with Crippen molar-refractivity contribution < 1.29 is 9.72 Å². The number of anilines is 1. The molecule has 0 aliphatic rings. The van der Waals surface area contributed by atoms with Crippen molar-refractivity contribution >= 4 is 17.4 Å². The first-order chi connectivity index (χ1) is 8.54. The first-order valence-electron chi connectivity index (χ1n) is 5.66. The van der Waals surface area contributed by atoms with Crippen LogP contribution in [-0.2, 0) is 0 Å². The van der Waals surface area contributed by atoms with Gasteiger partial charge in [0.05, 0.1) is 4.92 Å². The molecular formula is C11H16N4O3. The molecule has 0 aliphatic carbocycles. The van der Waals surface area contributed by atoms with Crippen LogP contribution < -0.4 is 5.32 Å². The van der Waals surface area contributed by atoms with Crippen LogP contribution in [0.15, 0.2) is 12.3 Å². The molecule has 0 atom stereocenters. The van der Waals surface area contributed by atoms with Crippen LogP contribution in [0, 0.1) is 10.1 Å². The molecule has 7 heteroatoms. The van der Waals surface area contributed by atoms with Crippen LogP contribution in [0.2, 0.25) is 0 Å². The summed E-state index contributed by atoms with van der Waals surface area (Å²) in [7, 11) is 1.64. The SMILES string of the molecule is CCN(CC)C(=O)c1cc(NC)ncc1[N+](=O)[O-]. The molecule has 0 aromatic carbocycles. The third kappa shape index (κ3) is 2.73. The van der Waals surface area contributed by atoms with Gasteiger partial charge < -0.3 is 10.2 Å². The number of nitrogens with one attached hydrogen (secondary N) is 1. The predicted molar refractivity (Wildman–Crippen MR) is 67.7 cm³/mol. The molecular weight excluding hydrogens is 236 g/mol. The summed E-state index contributed by atoms with van der Waals surface area (Å²) in [6, 6.07) is 1.40. The van der Waals surface area contributed by atoms with E-state index >= 15 is 0 Å². The zero-order valence-electron chi connectivity index (χ0n) is 10.6. The normalized spacial score (nSPS) is 9.94. The van der Waals surface area contributed by atoms with Gasteiger partial charge in [-0.25, -0.2) is 4.98 Å². The number of aromatic nitrogens is 1. The van der Waals surface area contributed by atoms with Crippen molar-refractivity contribution in [2.75, 3.05) is 25.5 Å². The van der Waals surface area contributed by atoms with Gasteiger partial charge in [0.15, 0.2) is 0 Å². The Balaban J connectivity index is 3.26. The zero-order chi connectivity index (χ0) is 13.7. The minimum atomic E-state index is -0.594. The summed E-state index contributed by atoms with van der Waals surface area (Å²) in [5, 5.41) is 13.7. The molecule has 0 unspecified atom stereocenters. The van der Waals surface area contributed by atoms with E-state index < -0.39 is 4.92 Å². The van der Waals surface area contributed by atoms with Crippen molar-refractivity contribution in [3.63, 3.8) is 0 Å². The Morgan fingerprint density at radius 2 is 2.11 bits per heavy atom. The van der Waals surface area contributed by atoms with Crippen LogP contribution in [0.3, 0.4) is 0 Å². The monoisotopic (exact) mass is 252 g/mol. The number of carbonyl (C=O) groups is 1. The molecule has 0 spiro atoms. The van der Waals surface area contributed by atoms with Crippen LogP contribution in [-0.4, -0.2) is 40.9 Å². The van der Waals surface area contributed by atoms with Gasteiger partial charge in [-0.15, -0.1) is 0 Å². The number of rotatable bonds is 5. The highest BCUT2D eigenvalue weighted by atomic mass is 16.6. The van der Waals surface area contributed by atoms with Gasteiger partial charge in [-0.1, -0.05) is 0 Å². The molecule has 0 bridgehead atoms. The number of nitrogens with zero attached hydrogens (tertiary/aromatic N) is 3. The molecule has 98 valence electrons. The molecule has 0 aliphatic heterocycles. The first-order valence-corrected chi connectivity index (χ1v) is 5.66. The number of nitro groups is 1. The minimum Gasteiger partial charge on any atom is -0.373 e. The van der Waals surface area contributed by atoms with E-state index in [1.165, 1.54) is 11.0 Å². The summed E-state index contributed by atoms with van der Waals surface area (Å²) >= 11 is 0. The van der Waals surface area contributed by atoms with Gasteiger partial charge in [0.25, 0.3) is 11.6 Å². The second-order valence-electron chi connectivity index (χ2n) is 3.57. The Morgan fingerprint density at radius 3 is 2.56 bits per heavy atom. The lowest BCUT2D eigenvalue weighted by Crippen LogP contribution is -2.31. The topological polar surface area (TPSA) is 88.4 Å². The fraction of sp³-hybridized carbons (Fsp3) is 0.455. The van der Waals surface area contributed by atoms with Crippen LogP contribution in [0.1, 0.15) is 24.2 Å². The lowest BCUT2D eigenvalue weighted by Gasteiger charge is -2.18. The average molecular weight is 252 g/mol. The molecule has 1 aromatic rings. The van der Waals surface area contributed by atoms with E-state index in [1.807, 2.05) is 13.8 Å². The smallest absolute Gasteiger partial charge is 0.300 e. The lowest BCUT2D eigenvalue weighted by atomic mass is 10.2. The maximum absolute atomic E-state index is 12.2. The highest BCUT2D eigenvalue weighted by Gasteiger charge is 2.24. The Hall–Kier alpha value is -2.18. The fourth-order valence-electron chi connectivity index (χ4n) is 1.58. The van der Waals surface area contributed by atoms with E-state index in [4.69, 9.17) is 0 Å². The number of pyridine rings is 1. The van der Waals surface area contributed by atoms with E-state index in [0.29, 0.717) is 18.9 Å². The Kier molecular flexibility index (Phi) is 4.59. The summed E-state index contributed by atoms with van der Waals surface area (Å²) < 4.78 is 0. The van der Waals surface area contributed by atoms with Crippen molar-refractivity contribution in [2.45, 2.75) is 13.8 Å². The molecule has 7 nitrogen and oxygen atoms in total. The molecule has 1 rings (SSSR count). The summed E-state index contributed by atoms with van der Waals surface area (Å²) in [5.41, 5.74) is -0.214. The Morgan fingerprint density at radius 1 is 1.50 bits per heavy atom. The maximum Gasteiger partial charge on any atom is 0.300 e. The molecule has 0 radical (unpaired) electrons. The highest BCUT2D eigenvalue weighted by Crippen LogP contribution is 2.21. The minimum absolute atomic E-state index is 0.0584. The molecule has 0 fully saturated rings. The van der Waals surface area contributed by atoms with Crippen LogP contribution >= 0.6 is 0 Å². The van der Waals surface area contributed by atoms with Gasteiger partial charge in [-0.05, 0) is 13.8 Å². The molecule has 1 heterocycles. The summed E-state index contributed by atoms with van der Waals surface area (Å²) in [6.45, 7) is 4.66. The van der Waals surface area contributed by atoms with E-state index in [-0.39, 0.29) is 17.2 Å². The summed E-state index contributed by atoms with van der Waals surface area (Å²) in [4.78, 5) is 27.9. The zero-order valence-corrected chi connectivity index (χ0v) is 10.6. The molecule has 0 saturated carbocycles.